The van der Waals surface area contributed by atoms with Crippen molar-refractivity contribution in [3.05, 3.63) is 94.5 Å². The third-order valence-electron chi connectivity index (χ3n) is 4.45. The lowest BCUT2D eigenvalue weighted by Gasteiger charge is -2.12. The van der Waals surface area contributed by atoms with Gasteiger partial charge in [0.1, 0.15) is 18.2 Å². The van der Waals surface area contributed by atoms with E-state index in [9.17, 15) is 18.0 Å². The number of hydrogen-bond donors (Lipinski definition) is 0. The summed E-state index contributed by atoms with van der Waals surface area (Å²) in [6, 6.07) is 15.8. The molecule has 4 aromatic rings. The van der Waals surface area contributed by atoms with Gasteiger partial charge in [-0.1, -0.05) is 18.2 Å². The number of benzene rings is 3. The molecular formula is C22H15F3N2O2. The van der Waals surface area contributed by atoms with Crippen molar-refractivity contribution in [2.45, 2.75) is 6.54 Å². The Morgan fingerprint density at radius 3 is 2.31 bits per heavy atom. The molecular weight excluding hydrogens is 381 g/mol. The number of hydrogen-bond acceptors (Lipinski definition) is 3. The summed E-state index contributed by atoms with van der Waals surface area (Å²) >= 11 is 0. The molecule has 0 aliphatic heterocycles. The molecule has 29 heavy (non-hydrogen) atoms. The molecule has 4 rings (SSSR count). The van der Waals surface area contributed by atoms with E-state index in [4.69, 9.17) is 4.74 Å². The maximum Gasteiger partial charge on any atom is 0.274 e. The molecule has 0 N–H and O–H groups in total. The highest BCUT2D eigenvalue weighted by molar-refractivity contribution is 5.93. The number of rotatable bonds is 5. The lowest BCUT2D eigenvalue weighted by Crippen LogP contribution is -2.26. The van der Waals surface area contributed by atoms with Crippen molar-refractivity contribution in [3.8, 4) is 17.0 Å². The first-order chi connectivity index (χ1) is 14.0. The molecule has 0 fully saturated rings. The first kappa shape index (κ1) is 18.7. The van der Waals surface area contributed by atoms with Crippen molar-refractivity contribution < 1.29 is 17.9 Å². The monoisotopic (exact) mass is 396 g/mol. The zero-order chi connectivity index (χ0) is 20.4. The van der Waals surface area contributed by atoms with Crippen LogP contribution < -0.4 is 10.3 Å². The first-order valence-electron chi connectivity index (χ1n) is 8.86. The van der Waals surface area contributed by atoms with E-state index in [0.29, 0.717) is 27.8 Å². The standard InChI is InChI=1S/C22H15F3N2O2/c23-15-6-8-16(9-7-15)29-12-11-27-22(28)18-4-2-1-3-17(18)21(26-27)14-5-10-19(24)20(25)13-14/h1-10,13H,11-12H2. The summed E-state index contributed by atoms with van der Waals surface area (Å²) in [6.07, 6.45) is 0. The number of aromatic nitrogens is 2. The highest BCUT2D eigenvalue weighted by Gasteiger charge is 2.14. The average Bonchev–Trinajstić information content (AvgIpc) is 2.73. The SMILES string of the molecule is O=c1c2ccccc2c(-c2ccc(F)c(F)c2)nn1CCOc1ccc(F)cc1. The van der Waals surface area contributed by atoms with Gasteiger partial charge in [-0.3, -0.25) is 4.79 Å². The molecule has 3 aromatic carbocycles. The number of ether oxygens (including phenoxy) is 1. The zero-order valence-electron chi connectivity index (χ0n) is 15.1. The van der Waals surface area contributed by atoms with Crippen molar-refractivity contribution in [1.29, 1.82) is 0 Å². The topological polar surface area (TPSA) is 44.1 Å². The second-order valence-corrected chi connectivity index (χ2v) is 6.35. The van der Waals surface area contributed by atoms with E-state index in [1.54, 1.807) is 24.3 Å². The van der Waals surface area contributed by atoms with Gasteiger partial charge >= 0.3 is 0 Å². The molecule has 0 amide bonds. The van der Waals surface area contributed by atoms with Gasteiger partial charge in [0, 0.05) is 10.9 Å². The van der Waals surface area contributed by atoms with Crippen LogP contribution in [0.4, 0.5) is 13.2 Å². The first-order valence-corrected chi connectivity index (χ1v) is 8.86. The number of nitrogens with zero attached hydrogens (tertiary/aromatic N) is 2. The molecule has 0 saturated carbocycles. The van der Waals surface area contributed by atoms with Crippen LogP contribution in [-0.2, 0) is 6.54 Å². The van der Waals surface area contributed by atoms with E-state index in [1.165, 1.54) is 35.0 Å². The van der Waals surface area contributed by atoms with Gasteiger partial charge in [0.15, 0.2) is 11.6 Å². The highest BCUT2D eigenvalue weighted by atomic mass is 19.2. The average molecular weight is 396 g/mol. The molecule has 1 heterocycles. The van der Waals surface area contributed by atoms with Crippen molar-refractivity contribution >= 4 is 10.8 Å². The molecule has 0 bridgehead atoms. The fourth-order valence-corrected chi connectivity index (χ4v) is 3.02. The van der Waals surface area contributed by atoms with Crippen LogP contribution in [0.15, 0.2) is 71.5 Å². The summed E-state index contributed by atoms with van der Waals surface area (Å²) < 4.78 is 46.8. The predicted molar refractivity (Wildman–Crippen MR) is 103 cm³/mol. The normalized spacial score (nSPS) is 11.0. The van der Waals surface area contributed by atoms with Crippen LogP contribution in [0.3, 0.4) is 0 Å². The quantitative estimate of drug-likeness (QED) is 0.497. The molecule has 0 radical (unpaired) electrons. The molecule has 7 heteroatoms. The van der Waals surface area contributed by atoms with Crippen LogP contribution >= 0.6 is 0 Å². The zero-order valence-corrected chi connectivity index (χ0v) is 15.1. The van der Waals surface area contributed by atoms with Crippen LogP contribution in [-0.4, -0.2) is 16.4 Å². The summed E-state index contributed by atoms with van der Waals surface area (Å²) in [7, 11) is 0. The van der Waals surface area contributed by atoms with Crippen molar-refractivity contribution in [2.24, 2.45) is 0 Å². The molecule has 0 aliphatic carbocycles. The minimum atomic E-state index is -0.995. The second-order valence-electron chi connectivity index (χ2n) is 6.35. The smallest absolute Gasteiger partial charge is 0.274 e. The third-order valence-corrected chi connectivity index (χ3v) is 4.45. The Labute approximate surface area is 163 Å². The highest BCUT2D eigenvalue weighted by Crippen LogP contribution is 2.26. The van der Waals surface area contributed by atoms with E-state index in [0.717, 1.165) is 12.1 Å². The van der Waals surface area contributed by atoms with Gasteiger partial charge in [0.25, 0.3) is 5.56 Å². The molecule has 0 unspecified atom stereocenters. The Hall–Kier alpha value is -3.61. The Morgan fingerprint density at radius 1 is 0.862 bits per heavy atom. The molecule has 0 spiro atoms. The van der Waals surface area contributed by atoms with Gasteiger partial charge in [0.2, 0.25) is 0 Å². The minimum Gasteiger partial charge on any atom is -0.492 e. The second kappa shape index (κ2) is 7.79. The number of halogens is 3. The van der Waals surface area contributed by atoms with Gasteiger partial charge in [-0.15, -0.1) is 0 Å². The van der Waals surface area contributed by atoms with Gasteiger partial charge in [0.05, 0.1) is 17.6 Å². The fourth-order valence-electron chi connectivity index (χ4n) is 3.02. The van der Waals surface area contributed by atoms with Crippen LogP contribution in [0.5, 0.6) is 5.75 Å². The maximum atomic E-state index is 13.7. The molecule has 0 saturated heterocycles. The van der Waals surface area contributed by atoms with Gasteiger partial charge in [-0.05, 0) is 48.5 Å². The summed E-state index contributed by atoms with van der Waals surface area (Å²) in [6.45, 7) is 0.242. The molecule has 4 nitrogen and oxygen atoms in total. The number of fused-ring (bicyclic) bond motifs is 1. The van der Waals surface area contributed by atoms with Gasteiger partial charge in [-0.25, -0.2) is 17.9 Å². The summed E-state index contributed by atoms with van der Waals surface area (Å²) in [4.78, 5) is 12.8. The maximum absolute atomic E-state index is 13.7. The molecule has 0 aliphatic rings. The van der Waals surface area contributed by atoms with Crippen LogP contribution in [0.25, 0.3) is 22.0 Å². The largest absolute Gasteiger partial charge is 0.492 e. The lowest BCUT2D eigenvalue weighted by atomic mass is 10.0. The van der Waals surface area contributed by atoms with E-state index in [-0.39, 0.29) is 24.5 Å². The van der Waals surface area contributed by atoms with Crippen molar-refractivity contribution in [1.82, 2.24) is 9.78 Å². The van der Waals surface area contributed by atoms with Gasteiger partial charge < -0.3 is 4.74 Å². The van der Waals surface area contributed by atoms with E-state index < -0.39 is 11.6 Å². The van der Waals surface area contributed by atoms with E-state index in [1.807, 2.05) is 0 Å². The van der Waals surface area contributed by atoms with E-state index in [2.05, 4.69) is 5.10 Å². The minimum absolute atomic E-state index is 0.119. The Morgan fingerprint density at radius 2 is 1.59 bits per heavy atom. The predicted octanol–water partition coefficient (Wildman–Crippen LogP) is 4.56. The van der Waals surface area contributed by atoms with Crippen molar-refractivity contribution in [2.75, 3.05) is 6.61 Å². The Balaban J connectivity index is 1.70. The Bertz CT molecular complexity index is 1240. The van der Waals surface area contributed by atoms with E-state index >= 15 is 0 Å². The molecule has 0 atom stereocenters. The lowest BCUT2D eigenvalue weighted by molar-refractivity contribution is 0.288. The van der Waals surface area contributed by atoms with Crippen LogP contribution in [0, 0.1) is 17.5 Å². The summed E-state index contributed by atoms with van der Waals surface area (Å²) in [5.74, 6) is -1.87. The third kappa shape index (κ3) is 3.85. The fraction of sp³-hybridized carbons (Fsp3) is 0.0909. The summed E-state index contributed by atoms with van der Waals surface area (Å²) in [5.41, 5.74) is 0.392. The summed E-state index contributed by atoms with van der Waals surface area (Å²) in [5, 5.41) is 5.31. The van der Waals surface area contributed by atoms with Crippen LogP contribution in [0.2, 0.25) is 0 Å². The van der Waals surface area contributed by atoms with Crippen molar-refractivity contribution in [3.63, 3.8) is 0 Å². The van der Waals surface area contributed by atoms with Gasteiger partial charge in [-0.2, -0.15) is 5.10 Å². The van der Waals surface area contributed by atoms with Crippen LogP contribution in [0.1, 0.15) is 0 Å². The Kier molecular flexibility index (Phi) is 5.03. The molecule has 1 aromatic heterocycles. The molecule has 146 valence electrons.